The lowest BCUT2D eigenvalue weighted by Crippen LogP contribution is -2.51. The molecule has 180 valence electrons. The zero-order chi connectivity index (χ0) is 24.0. The molecule has 1 aliphatic carbocycles. The van der Waals surface area contributed by atoms with Crippen LogP contribution in [0.1, 0.15) is 62.7 Å². The molecule has 1 aromatic carbocycles. The lowest BCUT2D eigenvalue weighted by atomic mass is 9.82. The minimum Gasteiger partial charge on any atom is -0.490 e. The Morgan fingerprint density at radius 1 is 1.15 bits per heavy atom. The average molecular weight is 482 g/mol. The molecule has 1 spiro atoms. The van der Waals surface area contributed by atoms with Gasteiger partial charge in [0.15, 0.2) is 18.1 Å². The number of benzene rings is 1. The molecule has 1 saturated heterocycles. The van der Waals surface area contributed by atoms with E-state index in [-0.39, 0.29) is 16.3 Å². The first-order valence-electron chi connectivity index (χ1n) is 11.0. The molecule has 33 heavy (non-hydrogen) atoms. The Bertz CT molecular complexity index is 931. The summed E-state index contributed by atoms with van der Waals surface area (Å²) in [5.41, 5.74) is 1.32. The summed E-state index contributed by atoms with van der Waals surface area (Å²) in [6.45, 7) is 3.78. The first-order valence-corrected chi connectivity index (χ1v) is 11.4. The number of imide groups is 1. The fourth-order valence-electron chi connectivity index (χ4n) is 3.88. The van der Waals surface area contributed by atoms with Gasteiger partial charge in [0.1, 0.15) is 5.54 Å². The lowest BCUT2D eigenvalue weighted by Gasteiger charge is -2.30. The number of urea groups is 1. The summed E-state index contributed by atoms with van der Waals surface area (Å²) in [7, 11) is 0. The highest BCUT2D eigenvalue weighted by Crippen LogP contribution is 2.37. The van der Waals surface area contributed by atoms with Crippen LogP contribution in [0.4, 0.5) is 4.79 Å². The number of hydrazine groups is 1. The van der Waals surface area contributed by atoms with Gasteiger partial charge in [-0.15, -0.1) is 0 Å². The topological polar surface area (TPSA) is 123 Å². The van der Waals surface area contributed by atoms with Gasteiger partial charge < -0.3 is 19.5 Å². The van der Waals surface area contributed by atoms with Crippen molar-refractivity contribution in [2.24, 2.45) is 0 Å². The summed E-state index contributed by atoms with van der Waals surface area (Å²) in [5, 5.41) is 3.51. The molecule has 1 heterocycles. The largest absolute Gasteiger partial charge is 0.490 e. The molecule has 2 aliphatic rings. The van der Waals surface area contributed by atoms with Crippen LogP contribution in [0.2, 0.25) is 5.02 Å². The molecule has 3 rings (SSSR count). The Morgan fingerprint density at radius 3 is 2.55 bits per heavy atom. The second kappa shape index (κ2) is 10.7. The van der Waals surface area contributed by atoms with E-state index >= 15 is 0 Å². The van der Waals surface area contributed by atoms with Gasteiger partial charge in [0.2, 0.25) is 0 Å². The average Bonchev–Trinajstić information content (AvgIpc) is 3.01. The predicted octanol–water partition coefficient (Wildman–Crippen LogP) is 2.97. The molecule has 0 atom stereocenters. The number of hydrogen-bond acceptors (Lipinski definition) is 7. The van der Waals surface area contributed by atoms with Crippen LogP contribution in [-0.4, -0.2) is 54.2 Å². The fourth-order valence-corrected chi connectivity index (χ4v) is 4.15. The number of esters is 1. The van der Waals surface area contributed by atoms with Crippen LogP contribution in [0.15, 0.2) is 12.1 Å². The van der Waals surface area contributed by atoms with Gasteiger partial charge in [-0.2, -0.15) is 5.01 Å². The van der Waals surface area contributed by atoms with Gasteiger partial charge in [-0.25, -0.2) is 9.59 Å². The third-order valence-corrected chi connectivity index (χ3v) is 5.72. The Morgan fingerprint density at radius 2 is 1.88 bits per heavy atom. The Kier molecular flexibility index (Phi) is 8.01. The van der Waals surface area contributed by atoms with Gasteiger partial charge >= 0.3 is 12.0 Å². The van der Waals surface area contributed by atoms with E-state index in [0.29, 0.717) is 36.8 Å². The highest BCUT2D eigenvalue weighted by molar-refractivity contribution is 6.32. The summed E-state index contributed by atoms with van der Waals surface area (Å²) in [5.74, 6) is -1.53. The molecule has 10 nitrogen and oxygen atoms in total. The van der Waals surface area contributed by atoms with Crippen LogP contribution >= 0.6 is 11.6 Å². The maximum absolute atomic E-state index is 12.7. The SMILES string of the molecule is CCCOc1c(Cl)cc(C(=O)OCC(=O)NN2C(=O)NC3(CCCCC3)C2=O)cc1OCC. The molecule has 0 bridgehead atoms. The van der Waals surface area contributed by atoms with Crippen molar-refractivity contribution in [2.45, 2.75) is 57.9 Å². The van der Waals surface area contributed by atoms with Crippen LogP contribution in [0.5, 0.6) is 11.5 Å². The van der Waals surface area contributed by atoms with E-state index in [1.165, 1.54) is 12.1 Å². The predicted molar refractivity (Wildman–Crippen MR) is 118 cm³/mol. The van der Waals surface area contributed by atoms with E-state index in [9.17, 15) is 19.2 Å². The monoisotopic (exact) mass is 481 g/mol. The normalized spacial score (nSPS) is 17.0. The van der Waals surface area contributed by atoms with E-state index in [0.717, 1.165) is 25.7 Å². The number of rotatable bonds is 9. The van der Waals surface area contributed by atoms with Gasteiger partial charge in [0, 0.05) is 0 Å². The molecular formula is C22H28ClN3O7. The summed E-state index contributed by atoms with van der Waals surface area (Å²) in [4.78, 5) is 49.7. The van der Waals surface area contributed by atoms with Crippen LogP contribution in [-0.2, 0) is 14.3 Å². The van der Waals surface area contributed by atoms with Crippen LogP contribution in [0.3, 0.4) is 0 Å². The smallest absolute Gasteiger partial charge is 0.344 e. The molecule has 0 aromatic heterocycles. The molecule has 1 aliphatic heterocycles. The van der Waals surface area contributed by atoms with Crippen molar-refractivity contribution in [3.8, 4) is 11.5 Å². The fraction of sp³-hybridized carbons (Fsp3) is 0.545. The Hall–Kier alpha value is -3.01. The van der Waals surface area contributed by atoms with Gasteiger partial charge in [-0.05, 0) is 38.3 Å². The number of carbonyl (C=O) groups excluding carboxylic acids is 4. The number of hydrogen-bond donors (Lipinski definition) is 2. The molecule has 1 aromatic rings. The highest BCUT2D eigenvalue weighted by atomic mass is 35.5. The quantitative estimate of drug-likeness (QED) is 0.410. The summed E-state index contributed by atoms with van der Waals surface area (Å²) in [6, 6.07) is 2.09. The summed E-state index contributed by atoms with van der Waals surface area (Å²) < 4.78 is 16.2. The zero-order valence-electron chi connectivity index (χ0n) is 18.7. The lowest BCUT2D eigenvalue weighted by molar-refractivity contribution is -0.140. The number of nitrogens with zero attached hydrogens (tertiary/aromatic N) is 1. The molecule has 1 saturated carbocycles. The summed E-state index contributed by atoms with van der Waals surface area (Å²) in [6.07, 6.45) is 4.45. The second-order valence-corrected chi connectivity index (χ2v) is 8.30. The van der Waals surface area contributed by atoms with Crippen LogP contribution in [0, 0.1) is 0 Å². The molecule has 2 fully saturated rings. The molecule has 0 unspecified atom stereocenters. The van der Waals surface area contributed by atoms with Crippen LogP contribution < -0.4 is 20.2 Å². The maximum atomic E-state index is 12.7. The van der Waals surface area contributed by atoms with E-state index in [4.69, 9.17) is 25.8 Å². The first kappa shape index (κ1) is 24.6. The van der Waals surface area contributed by atoms with Crippen molar-refractivity contribution < 1.29 is 33.4 Å². The van der Waals surface area contributed by atoms with Crippen molar-refractivity contribution in [1.82, 2.24) is 15.8 Å². The highest BCUT2D eigenvalue weighted by Gasteiger charge is 2.52. The van der Waals surface area contributed by atoms with Gasteiger partial charge in [0.05, 0.1) is 23.8 Å². The first-order chi connectivity index (χ1) is 15.8. The number of ether oxygens (including phenoxy) is 3. The van der Waals surface area contributed by atoms with Crippen molar-refractivity contribution in [1.29, 1.82) is 0 Å². The van der Waals surface area contributed by atoms with Gasteiger partial charge in [-0.1, -0.05) is 37.8 Å². The van der Waals surface area contributed by atoms with Gasteiger partial charge in [0.25, 0.3) is 11.8 Å². The third kappa shape index (κ3) is 5.50. The van der Waals surface area contributed by atoms with Gasteiger partial charge in [-0.3, -0.25) is 15.0 Å². The minimum absolute atomic E-state index is 0.0660. The van der Waals surface area contributed by atoms with Crippen molar-refractivity contribution in [3.63, 3.8) is 0 Å². The second-order valence-electron chi connectivity index (χ2n) is 7.89. The number of nitrogens with one attached hydrogen (secondary N) is 2. The van der Waals surface area contributed by atoms with E-state index in [2.05, 4.69) is 10.7 Å². The molecule has 0 radical (unpaired) electrons. The maximum Gasteiger partial charge on any atom is 0.344 e. The number of carbonyl (C=O) groups is 4. The molecular weight excluding hydrogens is 454 g/mol. The van der Waals surface area contributed by atoms with Crippen molar-refractivity contribution in [3.05, 3.63) is 22.7 Å². The summed E-state index contributed by atoms with van der Waals surface area (Å²) >= 11 is 6.25. The number of amides is 4. The minimum atomic E-state index is -0.965. The third-order valence-electron chi connectivity index (χ3n) is 5.44. The Balaban J connectivity index is 1.60. The Labute approximate surface area is 196 Å². The van der Waals surface area contributed by atoms with Crippen molar-refractivity contribution in [2.75, 3.05) is 19.8 Å². The molecule has 2 N–H and O–H groups in total. The number of halogens is 1. The zero-order valence-corrected chi connectivity index (χ0v) is 19.5. The van der Waals surface area contributed by atoms with Crippen molar-refractivity contribution >= 4 is 35.4 Å². The van der Waals surface area contributed by atoms with Crippen LogP contribution in [0.25, 0.3) is 0 Å². The molecule has 11 heteroatoms. The molecule has 4 amide bonds. The standard InChI is InChI=1S/C22H28ClN3O7/c1-3-10-32-18-15(23)11-14(12-16(18)31-4-2)19(28)33-13-17(27)25-26-20(29)22(24-21(26)30)8-6-5-7-9-22/h11-12H,3-10,13H2,1-2H3,(H,24,30)(H,25,27). The van der Waals surface area contributed by atoms with E-state index in [1.807, 2.05) is 6.92 Å². The van der Waals surface area contributed by atoms with E-state index < -0.39 is 36.0 Å². The van der Waals surface area contributed by atoms with E-state index in [1.54, 1.807) is 6.92 Å².